The average Bonchev–Trinajstić information content (AvgIpc) is 3.22. The summed E-state index contributed by atoms with van der Waals surface area (Å²) in [4.78, 5) is 11.6. The minimum atomic E-state index is -0.00441. The third kappa shape index (κ3) is 3.17. The van der Waals surface area contributed by atoms with Crippen molar-refractivity contribution in [3.05, 3.63) is 23.3 Å². The minimum Gasteiger partial charge on any atom is -0.493 e. The minimum absolute atomic E-state index is 0.00441. The van der Waals surface area contributed by atoms with Gasteiger partial charge in [0.1, 0.15) is 17.6 Å². The van der Waals surface area contributed by atoms with Crippen molar-refractivity contribution in [3.63, 3.8) is 0 Å². The van der Waals surface area contributed by atoms with Crippen LogP contribution in [0.15, 0.2) is 17.2 Å². The Labute approximate surface area is 124 Å². The van der Waals surface area contributed by atoms with Crippen LogP contribution in [0.4, 0.5) is 0 Å². The number of nitrogens with zero attached hydrogens (tertiary/aromatic N) is 1. The summed E-state index contributed by atoms with van der Waals surface area (Å²) in [5, 5.41) is 4.03. The zero-order chi connectivity index (χ0) is 14.8. The molecule has 1 N–H and O–H groups in total. The van der Waals surface area contributed by atoms with E-state index in [1.807, 2.05) is 26.0 Å². The molecule has 0 spiro atoms. The molecule has 0 unspecified atom stereocenters. The van der Waals surface area contributed by atoms with Gasteiger partial charge in [-0.3, -0.25) is 4.79 Å². The van der Waals surface area contributed by atoms with E-state index >= 15 is 0 Å². The van der Waals surface area contributed by atoms with Gasteiger partial charge in [-0.05, 0) is 38.8 Å². The fourth-order valence-corrected chi connectivity index (χ4v) is 2.44. The average molecular weight is 288 g/mol. The Morgan fingerprint density at radius 1 is 1.52 bits per heavy atom. The molecule has 1 heterocycles. The van der Waals surface area contributed by atoms with E-state index in [1.165, 1.54) is 0 Å². The number of hydrazone groups is 1. The van der Waals surface area contributed by atoms with Crippen LogP contribution in [-0.2, 0) is 11.2 Å². The summed E-state index contributed by atoms with van der Waals surface area (Å²) >= 11 is 0. The summed E-state index contributed by atoms with van der Waals surface area (Å²) < 4.78 is 11.4. The molecular formula is C16H20N2O3. The van der Waals surface area contributed by atoms with Crippen LogP contribution in [0.1, 0.15) is 37.8 Å². The Kier molecular flexibility index (Phi) is 3.82. The Bertz CT molecular complexity index is 579. The van der Waals surface area contributed by atoms with Crippen LogP contribution >= 0.6 is 0 Å². The van der Waals surface area contributed by atoms with Crippen LogP contribution in [0.2, 0.25) is 0 Å². The number of carbonyl (C=O) groups is 1. The molecule has 0 bridgehead atoms. The highest BCUT2D eigenvalue weighted by Gasteiger charge is 2.29. The standard InChI is InChI=1S/C16H20N2O3/c1-3-20-14-7-12-6-10(2)21-15(12)8-13(14)9-17-18-16(19)11-4-5-11/h7-11H,3-6H2,1-2H3,(H,18,19)/b17-9-/t10-/m0/s1. The van der Waals surface area contributed by atoms with Gasteiger partial charge in [-0.1, -0.05) is 0 Å². The number of benzene rings is 1. The first-order chi connectivity index (χ1) is 10.2. The predicted molar refractivity (Wildman–Crippen MR) is 79.9 cm³/mol. The van der Waals surface area contributed by atoms with Crippen LogP contribution in [0.25, 0.3) is 0 Å². The summed E-state index contributed by atoms with van der Waals surface area (Å²) in [5.41, 5.74) is 4.55. The summed E-state index contributed by atoms with van der Waals surface area (Å²) in [6.45, 7) is 4.58. The molecule has 1 atom stereocenters. The summed E-state index contributed by atoms with van der Waals surface area (Å²) in [6.07, 6.45) is 4.64. The molecule has 1 aromatic carbocycles. The quantitative estimate of drug-likeness (QED) is 0.668. The van der Waals surface area contributed by atoms with Gasteiger partial charge in [0.25, 0.3) is 0 Å². The number of rotatable bonds is 5. The molecule has 1 aliphatic heterocycles. The molecule has 1 saturated carbocycles. The number of hydrogen-bond acceptors (Lipinski definition) is 4. The zero-order valence-corrected chi connectivity index (χ0v) is 12.4. The van der Waals surface area contributed by atoms with E-state index in [9.17, 15) is 4.79 Å². The lowest BCUT2D eigenvalue weighted by molar-refractivity contribution is -0.122. The first-order valence-corrected chi connectivity index (χ1v) is 7.46. The lowest BCUT2D eigenvalue weighted by Crippen LogP contribution is -2.19. The maximum Gasteiger partial charge on any atom is 0.243 e. The first-order valence-electron chi connectivity index (χ1n) is 7.46. The van der Waals surface area contributed by atoms with Crippen molar-refractivity contribution in [3.8, 4) is 11.5 Å². The topological polar surface area (TPSA) is 59.9 Å². The number of hydrogen-bond donors (Lipinski definition) is 1. The van der Waals surface area contributed by atoms with Crippen molar-refractivity contribution in [1.29, 1.82) is 0 Å². The van der Waals surface area contributed by atoms with Crippen LogP contribution in [0, 0.1) is 5.92 Å². The summed E-state index contributed by atoms with van der Waals surface area (Å²) in [5.74, 6) is 1.80. The number of amides is 1. The van der Waals surface area contributed by atoms with Gasteiger partial charge in [-0.25, -0.2) is 5.43 Å². The molecular weight excluding hydrogens is 268 g/mol. The summed E-state index contributed by atoms with van der Waals surface area (Å²) in [6, 6.07) is 3.93. The molecule has 1 aromatic rings. The molecule has 0 aromatic heterocycles. The van der Waals surface area contributed by atoms with Crippen LogP contribution in [0.3, 0.4) is 0 Å². The van der Waals surface area contributed by atoms with E-state index in [0.29, 0.717) is 6.61 Å². The van der Waals surface area contributed by atoms with Gasteiger partial charge < -0.3 is 9.47 Å². The Balaban J connectivity index is 1.77. The maximum atomic E-state index is 11.6. The largest absolute Gasteiger partial charge is 0.493 e. The molecule has 1 fully saturated rings. The third-order valence-electron chi connectivity index (χ3n) is 3.65. The third-order valence-corrected chi connectivity index (χ3v) is 3.65. The van der Waals surface area contributed by atoms with Crippen molar-refractivity contribution < 1.29 is 14.3 Å². The molecule has 0 radical (unpaired) electrons. The smallest absolute Gasteiger partial charge is 0.243 e. The maximum absolute atomic E-state index is 11.6. The Hall–Kier alpha value is -2.04. The lowest BCUT2D eigenvalue weighted by atomic mass is 10.1. The van der Waals surface area contributed by atoms with E-state index < -0.39 is 0 Å². The Morgan fingerprint density at radius 3 is 3.05 bits per heavy atom. The van der Waals surface area contributed by atoms with E-state index in [4.69, 9.17) is 9.47 Å². The van der Waals surface area contributed by atoms with Gasteiger partial charge in [0, 0.05) is 23.5 Å². The molecule has 5 heteroatoms. The van der Waals surface area contributed by atoms with Crippen LogP contribution in [0.5, 0.6) is 11.5 Å². The zero-order valence-electron chi connectivity index (χ0n) is 12.4. The number of nitrogens with one attached hydrogen (secondary N) is 1. The fraction of sp³-hybridized carbons (Fsp3) is 0.500. The second-order valence-electron chi connectivity index (χ2n) is 5.57. The predicted octanol–water partition coefficient (Wildman–Crippen LogP) is 2.27. The normalized spacial score (nSPS) is 20.2. The summed E-state index contributed by atoms with van der Waals surface area (Å²) in [7, 11) is 0. The van der Waals surface area contributed by atoms with Crippen LogP contribution < -0.4 is 14.9 Å². The number of carbonyl (C=O) groups excluding carboxylic acids is 1. The Morgan fingerprint density at radius 2 is 2.33 bits per heavy atom. The second kappa shape index (κ2) is 5.76. The highest BCUT2D eigenvalue weighted by Crippen LogP contribution is 2.34. The monoisotopic (exact) mass is 288 g/mol. The van der Waals surface area contributed by atoms with Gasteiger partial charge in [0.2, 0.25) is 5.91 Å². The van der Waals surface area contributed by atoms with Gasteiger partial charge in [-0.15, -0.1) is 0 Å². The first kappa shape index (κ1) is 13.9. The van der Waals surface area contributed by atoms with E-state index in [2.05, 4.69) is 10.5 Å². The molecule has 2 aliphatic rings. The molecule has 1 amide bonds. The fourth-order valence-electron chi connectivity index (χ4n) is 2.44. The van der Waals surface area contributed by atoms with Gasteiger partial charge in [0.05, 0.1) is 12.8 Å². The number of fused-ring (bicyclic) bond motifs is 1. The molecule has 1 aliphatic carbocycles. The van der Waals surface area contributed by atoms with Crippen molar-refractivity contribution in [2.45, 2.75) is 39.2 Å². The van der Waals surface area contributed by atoms with Gasteiger partial charge in [0.15, 0.2) is 0 Å². The molecule has 5 nitrogen and oxygen atoms in total. The highest BCUT2D eigenvalue weighted by atomic mass is 16.5. The van der Waals surface area contributed by atoms with E-state index in [-0.39, 0.29) is 17.9 Å². The molecule has 21 heavy (non-hydrogen) atoms. The molecule has 3 rings (SSSR count). The lowest BCUT2D eigenvalue weighted by Gasteiger charge is -2.09. The van der Waals surface area contributed by atoms with Crippen molar-refractivity contribution in [2.75, 3.05) is 6.61 Å². The second-order valence-corrected chi connectivity index (χ2v) is 5.57. The van der Waals surface area contributed by atoms with Crippen LogP contribution in [-0.4, -0.2) is 24.8 Å². The van der Waals surface area contributed by atoms with Gasteiger partial charge >= 0.3 is 0 Å². The van der Waals surface area contributed by atoms with Crippen molar-refractivity contribution >= 4 is 12.1 Å². The molecule has 112 valence electrons. The van der Waals surface area contributed by atoms with E-state index in [1.54, 1.807) is 6.21 Å². The van der Waals surface area contributed by atoms with Crippen molar-refractivity contribution in [1.82, 2.24) is 5.43 Å². The van der Waals surface area contributed by atoms with Gasteiger partial charge in [-0.2, -0.15) is 5.10 Å². The highest BCUT2D eigenvalue weighted by molar-refractivity contribution is 5.87. The SMILES string of the molecule is CCOc1cc2c(cc1/C=N\NC(=O)C1CC1)O[C@@H](C)C2. The molecule has 0 saturated heterocycles. The van der Waals surface area contributed by atoms with Crippen molar-refractivity contribution in [2.24, 2.45) is 11.0 Å². The van der Waals surface area contributed by atoms with E-state index in [0.717, 1.165) is 41.9 Å². The number of ether oxygens (including phenoxy) is 2.